The Morgan fingerprint density at radius 2 is 1.85 bits per heavy atom. The summed E-state index contributed by atoms with van der Waals surface area (Å²) >= 11 is 0. The third-order valence-electron chi connectivity index (χ3n) is 3.79. The van der Waals surface area contributed by atoms with Crippen LogP contribution in [-0.2, 0) is 14.3 Å². The number of nitrogens with one attached hydrogen (secondary N) is 2. The lowest BCUT2D eigenvalue weighted by atomic mass is 10.2. The summed E-state index contributed by atoms with van der Waals surface area (Å²) in [5.74, 6) is -0.612. The number of carbonyl (C=O) groups excluding carboxylic acids is 4. The first-order valence-electron chi connectivity index (χ1n) is 8.59. The number of rotatable bonds is 7. The molecule has 0 unspecified atom stereocenters. The molecule has 2 rings (SSSR count). The Morgan fingerprint density at radius 3 is 2.44 bits per heavy atom. The Bertz CT molecular complexity index is 731. The quantitative estimate of drug-likeness (QED) is 0.550. The van der Waals surface area contributed by atoms with Crippen LogP contribution >= 0.6 is 0 Å². The van der Waals surface area contributed by atoms with E-state index in [4.69, 9.17) is 4.74 Å². The van der Waals surface area contributed by atoms with Crippen molar-refractivity contribution in [3.05, 3.63) is 23.8 Å². The molecule has 0 atom stereocenters. The Hall–Kier alpha value is -3.10. The Labute approximate surface area is 157 Å². The predicted molar refractivity (Wildman–Crippen MR) is 96.5 cm³/mol. The second kappa shape index (κ2) is 9.02. The molecule has 0 aliphatic carbocycles. The topological polar surface area (TPSA) is 114 Å². The van der Waals surface area contributed by atoms with Crippen molar-refractivity contribution >= 4 is 29.5 Å². The third kappa shape index (κ3) is 5.44. The molecular formula is C18H23N3O6. The highest BCUT2D eigenvalue weighted by Crippen LogP contribution is 2.27. The zero-order valence-corrected chi connectivity index (χ0v) is 15.5. The summed E-state index contributed by atoms with van der Waals surface area (Å²) in [4.78, 5) is 48.1. The SMILES string of the molecule is COC(=O)c1ccc(OC(C)C)c(NC(=O)NCCN2C(=O)CCC2=O)c1. The fourth-order valence-electron chi connectivity index (χ4n) is 2.55. The van der Waals surface area contributed by atoms with E-state index < -0.39 is 12.0 Å². The van der Waals surface area contributed by atoms with Gasteiger partial charge in [0.1, 0.15) is 5.75 Å². The predicted octanol–water partition coefficient (Wildman–Crippen LogP) is 1.53. The van der Waals surface area contributed by atoms with Crippen LogP contribution in [0.5, 0.6) is 5.75 Å². The van der Waals surface area contributed by atoms with Crippen LogP contribution in [0.3, 0.4) is 0 Å². The van der Waals surface area contributed by atoms with Crippen LogP contribution in [0, 0.1) is 0 Å². The number of imide groups is 1. The summed E-state index contributed by atoms with van der Waals surface area (Å²) < 4.78 is 10.3. The average molecular weight is 377 g/mol. The zero-order valence-electron chi connectivity index (χ0n) is 15.5. The molecule has 1 fully saturated rings. The Morgan fingerprint density at radius 1 is 1.19 bits per heavy atom. The van der Waals surface area contributed by atoms with Gasteiger partial charge in [0, 0.05) is 25.9 Å². The number of hydrogen-bond donors (Lipinski definition) is 2. The molecule has 146 valence electrons. The van der Waals surface area contributed by atoms with Crippen molar-refractivity contribution in [2.75, 3.05) is 25.5 Å². The van der Waals surface area contributed by atoms with Gasteiger partial charge in [-0.05, 0) is 32.0 Å². The molecule has 0 spiro atoms. The van der Waals surface area contributed by atoms with Gasteiger partial charge < -0.3 is 20.1 Å². The molecule has 1 heterocycles. The van der Waals surface area contributed by atoms with Crippen molar-refractivity contribution in [3.63, 3.8) is 0 Å². The summed E-state index contributed by atoms with van der Waals surface area (Å²) in [7, 11) is 1.27. The van der Waals surface area contributed by atoms with Gasteiger partial charge in [-0.25, -0.2) is 9.59 Å². The normalized spacial score (nSPS) is 13.7. The van der Waals surface area contributed by atoms with E-state index in [0.717, 1.165) is 4.90 Å². The van der Waals surface area contributed by atoms with E-state index in [1.54, 1.807) is 6.07 Å². The van der Waals surface area contributed by atoms with Gasteiger partial charge in [0.05, 0.1) is 24.5 Å². The number of likely N-dealkylation sites (tertiary alicyclic amines) is 1. The van der Waals surface area contributed by atoms with E-state index in [-0.39, 0.29) is 49.4 Å². The number of urea groups is 1. The first kappa shape index (κ1) is 20.2. The van der Waals surface area contributed by atoms with Crippen LogP contribution in [-0.4, -0.2) is 55.0 Å². The molecule has 2 N–H and O–H groups in total. The van der Waals surface area contributed by atoms with E-state index in [1.807, 2.05) is 13.8 Å². The molecule has 4 amide bonds. The van der Waals surface area contributed by atoms with Crippen molar-refractivity contribution in [3.8, 4) is 5.75 Å². The van der Waals surface area contributed by atoms with Crippen LogP contribution in [0.15, 0.2) is 18.2 Å². The van der Waals surface area contributed by atoms with Gasteiger partial charge in [0.15, 0.2) is 0 Å². The minimum atomic E-state index is -0.551. The standard InChI is InChI=1S/C18H23N3O6/c1-11(2)27-14-5-4-12(17(24)26-3)10-13(14)20-18(25)19-8-9-21-15(22)6-7-16(21)23/h4-5,10-11H,6-9H2,1-3H3,(H2,19,20,25). The second-order valence-electron chi connectivity index (χ2n) is 6.19. The minimum Gasteiger partial charge on any atom is -0.489 e. The average Bonchev–Trinajstić information content (AvgIpc) is 2.94. The maximum Gasteiger partial charge on any atom is 0.337 e. The van der Waals surface area contributed by atoms with Gasteiger partial charge in [-0.2, -0.15) is 0 Å². The number of nitrogens with zero attached hydrogens (tertiary/aromatic N) is 1. The van der Waals surface area contributed by atoms with Crippen LogP contribution in [0.25, 0.3) is 0 Å². The number of hydrogen-bond acceptors (Lipinski definition) is 6. The first-order valence-corrected chi connectivity index (χ1v) is 8.59. The second-order valence-corrected chi connectivity index (χ2v) is 6.19. The largest absolute Gasteiger partial charge is 0.489 e. The van der Waals surface area contributed by atoms with Crippen molar-refractivity contribution in [1.29, 1.82) is 0 Å². The maximum atomic E-state index is 12.2. The van der Waals surface area contributed by atoms with E-state index in [0.29, 0.717) is 11.4 Å². The van der Waals surface area contributed by atoms with Crippen LogP contribution in [0.2, 0.25) is 0 Å². The summed E-state index contributed by atoms with van der Waals surface area (Å²) in [6.07, 6.45) is 0.285. The lowest BCUT2D eigenvalue weighted by Gasteiger charge is -2.17. The summed E-state index contributed by atoms with van der Waals surface area (Å²) in [5, 5.41) is 5.19. The van der Waals surface area contributed by atoms with Crippen LogP contribution in [0.1, 0.15) is 37.0 Å². The van der Waals surface area contributed by atoms with Gasteiger partial charge in [0.2, 0.25) is 11.8 Å². The molecule has 1 aromatic carbocycles. The van der Waals surface area contributed by atoms with E-state index >= 15 is 0 Å². The van der Waals surface area contributed by atoms with Crippen molar-refractivity contribution < 1.29 is 28.7 Å². The van der Waals surface area contributed by atoms with Crippen molar-refractivity contribution in [2.45, 2.75) is 32.8 Å². The Balaban J connectivity index is 2.00. The fourth-order valence-corrected chi connectivity index (χ4v) is 2.55. The molecule has 9 heteroatoms. The lowest BCUT2D eigenvalue weighted by Crippen LogP contribution is -2.39. The number of carbonyl (C=O) groups is 4. The van der Waals surface area contributed by atoms with Gasteiger partial charge in [0.25, 0.3) is 0 Å². The first-order chi connectivity index (χ1) is 12.8. The highest BCUT2D eigenvalue weighted by Gasteiger charge is 2.28. The molecular weight excluding hydrogens is 354 g/mol. The molecule has 27 heavy (non-hydrogen) atoms. The van der Waals surface area contributed by atoms with Crippen LogP contribution < -0.4 is 15.4 Å². The highest BCUT2D eigenvalue weighted by molar-refractivity contribution is 6.02. The van der Waals surface area contributed by atoms with Crippen molar-refractivity contribution in [1.82, 2.24) is 10.2 Å². The van der Waals surface area contributed by atoms with E-state index in [2.05, 4.69) is 15.4 Å². The molecule has 1 aromatic rings. The number of anilines is 1. The molecule has 0 bridgehead atoms. The van der Waals surface area contributed by atoms with Gasteiger partial charge >= 0.3 is 12.0 Å². The molecule has 0 saturated carbocycles. The summed E-state index contributed by atoms with van der Waals surface area (Å²) in [6.45, 7) is 3.90. The summed E-state index contributed by atoms with van der Waals surface area (Å²) in [5.41, 5.74) is 0.564. The van der Waals surface area contributed by atoms with Crippen molar-refractivity contribution in [2.24, 2.45) is 0 Å². The minimum absolute atomic E-state index is 0.111. The zero-order chi connectivity index (χ0) is 20.0. The van der Waals surface area contributed by atoms with Gasteiger partial charge in [-0.1, -0.05) is 0 Å². The highest BCUT2D eigenvalue weighted by atomic mass is 16.5. The number of esters is 1. The summed E-state index contributed by atoms with van der Waals surface area (Å²) in [6, 6.07) is 4.02. The molecule has 0 radical (unpaired) electrons. The van der Waals surface area contributed by atoms with Gasteiger partial charge in [-0.15, -0.1) is 0 Å². The Kier molecular flexibility index (Phi) is 6.75. The number of ether oxygens (including phenoxy) is 2. The van der Waals surface area contributed by atoms with Gasteiger partial charge in [-0.3, -0.25) is 14.5 Å². The maximum absolute atomic E-state index is 12.2. The molecule has 1 aliphatic heterocycles. The molecule has 0 aromatic heterocycles. The van der Waals surface area contributed by atoms with E-state index in [1.165, 1.54) is 19.2 Å². The number of methoxy groups -OCH3 is 1. The van der Waals surface area contributed by atoms with Crippen LogP contribution in [0.4, 0.5) is 10.5 Å². The number of benzene rings is 1. The number of amides is 4. The smallest absolute Gasteiger partial charge is 0.337 e. The third-order valence-corrected chi connectivity index (χ3v) is 3.79. The lowest BCUT2D eigenvalue weighted by molar-refractivity contribution is -0.138. The fraction of sp³-hybridized carbons (Fsp3) is 0.444. The molecule has 1 aliphatic rings. The molecule has 9 nitrogen and oxygen atoms in total. The monoisotopic (exact) mass is 377 g/mol. The van der Waals surface area contributed by atoms with E-state index in [9.17, 15) is 19.2 Å². The molecule has 1 saturated heterocycles.